The molecule has 0 fully saturated rings. The number of nitrogens with zero attached hydrogens (tertiary/aromatic N) is 1. The number of fused-ring (bicyclic) bond motifs is 3. The predicted octanol–water partition coefficient (Wildman–Crippen LogP) is 3.33. The number of carbonyl (C=O) groups is 1. The van der Waals surface area contributed by atoms with Gasteiger partial charge in [0.25, 0.3) is 0 Å². The number of rotatable bonds is 1. The van der Waals surface area contributed by atoms with Gasteiger partial charge in [0.2, 0.25) is 0 Å². The van der Waals surface area contributed by atoms with E-state index in [-0.39, 0.29) is 5.56 Å². The lowest BCUT2D eigenvalue weighted by Gasteiger charge is -1.99. The molecule has 0 bridgehead atoms. The fourth-order valence-corrected chi connectivity index (χ4v) is 3.01. The van der Waals surface area contributed by atoms with Gasteiger partial charge in [0.15, 0.2) is 0 Å². The molecule has 0 atom stereocenters. The Labute approximate surface area is 116 Å². The van der Waals surface area contributed by atoms with Crippen LogP contribution in [0.4, 0.5) is 0 Å². The molecule has 3 rings (SSSR count). The van der Waals surface area contributed by atoms with Crippen molar-refractivity contribution >= 4 is 50.5 Å². The first kappa shape index (κ1) is 11.5. The van der Waals surface area contributed by atoms with Crippen molar-refractivity contribution in [3.8, 4) is 0 Å². The molecule has 0 aliphatic rings. The number of hydrogen-bond donors (Lipinski definition) is 2. The van der Waals surface area contributed by atoms with Crippen LogP contribution in [0.25, 0.3) is 21.9 Å². The zero-order valence-electron chi connectivity index (χ0n) is 9.49. The Hall–Kier alpha value is -1.63. The number of halogens is 1. The van der Waals surface area contributed by atoms with Crippen molar-refractivity contribution in [3.05, 3.63) is 39.1 Å². The summed E-state index contributed by atoms with van der Waals surface area (Å²) in [5.41, 5.74) is 2.97. The van der Waals surface area contributed by atoms with Crippen molar-refractivity contribution in [2.45, 2.75) is 6.92 Å². The Balaban J connectivity index is 2.47. The molecule has 0 unspecified atom stereocenters. The fraction of sp³-hybridized carbons (Fsp3) is 0.0769. The predicted molar refractivity (Wildman–Crippen MR) is 78.0 cm³/mol. The number of carboxylic acid groups (broad SMARTS) is 1. The van der Waals surface area contributed by atoms with Crippen LogP contribution in [0.15, 0.2) is 24.4 Å². The van der Waals surface area contributed by atoms with Gasteiger partial charge in [-0.1, -0.05) is 0 Å². The maximum Gasteiger partial charge on any atom is 0.335 e. The van der Waals surface area contributed by atoms with E-state index in [2.05, 4.69) is 38.6 Å². The van der Waals surface area contributed by atoms with Crippen LogP contribution in [-0.2, 0) is 0 Å². The van der Waals surface area contributed by atoms with E-state index < -0.39 is 5.97 Å². The molecule has 2 heterocycles. The molecule has 0 spiro atoms. The van der Waals surface area contributed by atoms with Crippen molar-refractivity contribution in [2.24, 2.45) is 0 Å². The van der Waals surface area contributed by atoms with Gasteiger partial charge in [-0.2, -0.15) is 0 Å². The lowest BCUT2D eigenvalue weighted by atomic mass is 10.1. The summed E-state index contributed by atoms with van der Waals surface area (Å²) in [7, 11) is 0. The van der Waals surface area contributed by atoms with Gasteiger partial charge in [-0.3, -0.25) is 0 Å². The molecule has 3 aromatic rings. The minimum Gasteiger partial charge on any atom is -0.478 e. The maximum absolute atomic E-state index is 11.0. The number of H-pyrrole nitrogens is 1. The SMILES string of the molecule is Cc1cnc2[nH]c3cc(C(=O)O)cc(I)c3c2c1. The maximum atomic E-state index is 11.0. The number of aromatic nitrogens is 2. The van der Waals surface area contributed by atoms with Crippen molar-refractivity contribution in [3.63, 3.8) is 0 Å². The van der Waals surface area contributed by atoms with Gasteiger partial charge in [0.1, 0.15) is 5.65 Å². The second kappa shape index (κ2) is 3.94. The number of carboxylic acids is 1. The molecular weight excluding hydrogens is 343 g/mol. The van der Waals surface area contributed by atoms with E-state index in [1.54, 1.807) is 18.3 Å². The number of aryl methyl sites for hydroxylation is 1. The summed E-state index contributed by atoms with van der Waals surface area (Å²) in [6, 6.07) is 5.39. The highest BCUT2D eigenvalue weighted by molar-refractivity contribution is 14.1. The van der Waals surface area contributed by atoms with E-state index in [9.17, 15) is 4.79 Å². The Bertz CT molecular complexity index is 792. The highest BCUT2D eigenvalue weighted by atomic mass is 127. The van der Waals surface area contributed by atoms with Crippen LogP contribution in [0, 0.1) is 10.5 Å². The minimum atomic E-state index is -0.919. The lowest BCUT2D eigenvalue weighted by Crippen LogP contribution is -1.96. The van der Waals surface area contributed by atoms with E-state index >= 15 is 0 Å². The smallest absolute Gasteiger partial charge is 0.335 e. The van der Waals surface area contributed by atoms with Crippen molar-refractivity contribution in [1.29, 1.82) is 0 Å². The quantitative estimate of drug-likeness (QED) is 0.661. The van der Waals surface area contributed by atoms with Crippen LogP contribution in [-0.4, -0.2) is 21.0 Å². The van der Waals surface area contributed by atoms with Crippen LogP contribution in [0.2, 0.25) is 0 Å². The standard InChI is InChI=1S/C13H9IN2O2/c1-6-2-8-11-9(14)3-7(13(17)18)4-10(11)16-12(8)15-5-6/h2-5H,1H3,(H,15,16)(H,17,18). The number of aromatic amines is 1. The van der Waals surface area contributed by atoms with Gasteiger partial charge in [0, 0.05) is 26.1 Å². The van der Waals surface area contributed by atoms with Crippen LogP contribution < -0.4 is 0 Å². The van der Waals surface area contributed by atoms with Gasteiger partial charge < -0.3 is 10.1 Å². The summed E-state index contributed by atoms with van der Waals surface area (Å²) in [6.07, 6.45) is 1.79. The molecule has 0 aliphatic carbocycles. The Morgan fingerprint density at radius 3 is 2.89 bits per heavy atom. The minimum absolute atomic E-state index is 0.287. The van der Waals surface area contributed by atoms with Gasteiger partial charge in [-0.25, -0.2) is 9.78 Å². The van der Waals surface area contributed by atoms with Gasteiger partial charge in [-0.05, 0) is 53.3 Å². The highest BCUT2D eigenvalue weighted by Gasteiger charge is 2.12. The molecule has 0 saturated carbocycles. The Morgan fingerprint density at radius 2 is 2.17 bits per heavy atom. The van der Waals surface area contributed by atoms with E-state index in [1.165, 1.54) is 0 Å². The van der Waals surface area contributed by atoms with Crippen LogP contribution >= 0.6 is 22.6 Å². The molecular formula is C13H9IN2O2. The van der Waals surface area contributed by atoms with Crippen molar-refractivity contribution < 1.29 is 9.90 Å². The third-order valence-electron chi connectivity index (χ3n) is 2.88. The first-order valence-corrected chi connectivity index (χ1v) is 6.45. The van der Waals surface area contributed by atoms with Crippen molar-refractivity contribution in [1.82, 2.24) is 9.97 Å². The normalized spacial score (nSPS) is 11.2. The van der Waals surface area contributed by atoms with E-state index in [1.807, 2.05) is 6.92 Å². The highest BCUT2D eigenvalue weighted by Crippen LogP contribution is 2.30. The average molecular weight is 352 g/mol. The topological polar surface area (TPSA) is 66.0 Å². The number of benzene rings is 1. The summed E-state index contributed by atoms with van der Waals surface area (Å²) < 4.78 is 0.918. The van der Waals surface area contributed by atoms with E-state index in [4.69, 9.17) is 5.11 Å². The fourth-order valence-electron chi connectivity index (χ4n) is 2.09. The van der Waals surface area contributed by atoms with Crippen LogP contribution in [0.1, 0.15) is 15.9 Å². The molecule has 0 saturated heterocycles. The van der Waals surface area contributed by atoms with Crippen molar-refractivity contribution in [2.75, 3.05) is 0 Å². The summed E-state index contributed by atoms with van der Waals surface area (Å²) in [6.45, 7) is 1.99. The number of hydrogen-bond acceptors (Lipinski definition) is 2. The second-order valence-corrected chi connectivity index (χ2v) is 5.38. The van der Waals surface area contributed by atoms with Gasteiger partial charge in [0.05, 0.1) is 5.56 Å². The van der Waals surface area contributed by atoms with Crippen LogP contribution in [0.3, 0.4) is 0 Å². The summed E-state index contributed by atoms with van der Waals surface area (Å²) in [4.78, 5) is 18.5. The summed E-state index contributed by atoms with van der Waals surface area (Å²) in [5.74, 6) is -0.919. The molecule has 0 aliphatic heterocycles. The van der Waals surface area contributed by atoms with Gasteiger partial charge in [-0.15, -0.1) is 0 Å². The van der Waals surface area contributed by atoms with E-state index in [0.717, 1.165) is 31.1 Å². The average Bonchev–Trinajstić information content (AvgIpc) is 2.66. The summed E-state index contributed by atoms with van der Waals surface area (Å²) in [5, 5.41) is 11.1. The molecule has 0 amide bonds. The number of pyridine rings is 1. The van der Waals surface area contributed by atoms with Gasteiger partial charge >= 0.3 is 5.97 Å². The largest absolute Gasteiger partial charge is 0.478 e. The Kier molecular flexibility index (Phi) is 2.51. The third-order valence-corrected chi connectivity index (χ3v) is 3.73. The molecule has 5 heteroatoms. The molecule has 2 aromatic heterocycles. The molecule has 4 nitrogen and oxygen atoms in total. The zero-order valence-corrected chi connectivity index (χ0v) is 11.6. The molecule has 0 radical (unpaired) electrons. The third kappa shape index (κ3) is 1.66. The molecule has 1 aromatic carbocycles. The zero-order chi connectivity index (χ0) is 12.9. The van der Waals surface area contributed by atoms with Crippen LogP contribution in [0.5, 0.6) is 0 Å². The summed E-state index contributed by atoms with van der Waals surface area (Å²) >= 11 is 2.16. The number of nitrogens with one attached hydrogen (secondary N) is 1. The first-order chi connectivity index (χ1) is 8.56. The number of aromatic carboxylic acids is 1. The first-order valence-electron chi connectivity index (χ1n) is 5.37. The van der Waals surface area contributed by atoms with E-state index in [0.29, 0.717) is 0 Å². The second-order valence-electron chi connectivity index (χ2n) is 4.22. The molecule has 2 N–H and O–H groups in total. The lowest BCUT2D eigenvalue weighted by molar-refractivity contribution is 0.0697. The molecule has 18 heavy (non-hydrogen) atoms. The monoisotopic (exact) mass is 352 g/mol. The molecule has 90 valence electrons. The Morgan fingerprint density at radius 1 is 1.39 bits per heavy atom.